The Labute approximate surface area is 109 Å². The fraction of sp³-hybridized carbons (Fsp3) is 0.533. The zero-order valence-corrected chi connectivity index (χ0v) is 11.1. The van der Waals surface area contributed by atoms with Crippen molar-refractivity contribution in [1.82, 2.24) is 5.32 Å². The van der Waals surface area contributed by atoms with E-state index in [2.05, 4.69) is 11.4 Å². The van der Waals surface area contributed by atoms with Gasteiger partial charge >= 0.3 is 0 Å². The standard InChI is InChI=1S/C15H20N2O/c1-3-17-15(10-16,13-8-9-13)11-18-14-7-5-4-6-12(14)2/h4-7,13,17H,3,8-9,11H2,1-2H3. The van der Waals surface area contributed by atoms with Gasteiger partial charge in [0, 0.05) is 0 Å². The van der Waals surface area contributed by atoms with Gasteiger partial charge in [0.1, 0.15) is 17.9 Å². The molecule has 0 aromatic heterocycles. The molecular weight excluding hydrogens is 224 g/mol. The van der Waals surface area contributed by atoms with Crippen molar-refractivity contribution in [3.8, 4) is 11.8 Å². The predicted molar refractivity (Wildman–Crippen MR) is 71.4 cm³/mol. The van der Waals surface area contributed by atoms with Gasteiger partial charge in [0.15, 0.2) is 0 Å². The van der Waals surface area contributed by atoms with E-state index in [-0.39, 0.29) is 0 Å². The number of nitrogens with one attached hydrogen (secondary N) is 1. The number of rotatable bonds is 6. The third kappa shape index (κ3) is 2.65. The summed E-state index contributed by atoms with van der Waals surface area (Å²) in [7, 11) is 0. The first-order chi connectivity index (χ1) is 8.72. The number of nitrogens with zero attached hydrogens (tertiary/aromatic N) is 1. The Bertz CT molecular complexity index is 448. The van der Waals surface area contributed by atoms with Gasteiger partial charge in [-0.3, -0.25) is 5.32 Å². The topological polar surface area (TPSA) is 45.0 Å². The van der Waals surface area contributed by atoms with Crippen LogP contribution < -0.4 is 10.1 Å². The van der Waals surface area contributed by atoms with E-state index < -0.39 is 5.54 Å². The monoisotopic (exact) mass is 244 g/mol. The SMILES string of the molecule is CCNC(C#N)(COc1ccccc1C)C1CC1. The van der Waals surface area contributed by atoms with E-state index >= 15 is 0 Å². The lowest BCUT2D eigenvalue weighted by Crippen LogP contribution is -2.50. The number of para-hydroxylation sites is 1. The Kier molecular flexibility index (Phi) is 3.88. The van der Waals surface area contributed by atoms with Crippen LogP contribution in [0, 0.1) is 24.2 Å². The molecule has 3 nitrogen and oxygen atoms in total. The van der Waals surface area contributed by atoms with Crippen molar-refractivity contribution in [2.45, 2.75) is 32.2 Å². The van der Waals surface area contributed by atoms with Crippen LogP contribution in [0.15, 0.2) is 24.3 Å². The maximum Gasteiger partial charge on any atom is 0.143 e. The van der Waals surface area contributed by atoms with Crippen molar-refractivity contribution in [2.24, 2.45) is 5.92 Å². The van der Waals surface area contributed by atoms with Crippen LogP contribution in [0.4, 0.5) is 0 Å². The second-order valence-corrected chi connectivity index (χ2v) is 4.94. The van der Waals surface area contributed by atoms with Crippen LogP contribution in [0.5, 0.6) is 5.75 Å². The molecule has 3 heteroatoms. The zero-order chi connectivity index (χ0) is 13.0. The quantitative estimate of drug-likeness (QED) is 0.836. The minimum Gasteiger partial charge on any atom is -0.490 e. The third-order valence-electron chi connectivity index (χ3n) is 3.51. The molecule has 1 aliphatic rings. The van der Waals surface area contributed by atoms with Gasteiger partial charge < -0.3 is 4.74 Å². The molecule has 1 atom stereocenters. The molecule has 1 N–H and O–H groups in total. The number of hydrogen-bond acceptors (Lipinski definition) is 3. The molecule has 0 amide bonds. The number of aryl methyl sites for hydroxylation is 1. The number of likely N-dealkylation sites (N-methyl/N-ethyl adjacent to an activating group) is 1. The van der Waals surface area contributed by atoms with Gasteiger partial charge in [-0.1, -0.05) is 25.1 Å². The Morgan fingerprint density at radius 1 is 1.44 bits per heavy atom. The van der Waals surface area contributed by atoms with E-state index in [1.54, 1.807) is 0 Å². The number of ether oxygens (including phenoxy) is 1. The Hall–Kier alpha value is -1.53. The minimum absolute atomic E-state index is 0.423. The number of hydrogen-bond donors (Lipinski definition) is 1. The van der Waals surface area contributed by atoms with Crippen LogP contribution in [0.1, 0.15) is 25.3 Å². The van der Waals surface area contributed by atoms with E-state index in [0.29, 0.717) is 12.5 Å². The van der Waals surface area contributed by atoms with Crippen molar-refractivity contribution in [3.05, 3.63) is 29.8 Å². The summed E-state index contributed by atoms with van der Waals surface area (Å²) in [5.41, 5.74) is 0.591. The first-order valence-electron chi connectivity index (χ1n) is 6.56. The summed E-state index contributed by atoms with van der Waals surface area (Å²) in [5.74, 6) is 1.31. The lowest BCUT2D eigenvalue weighted by molar-refractivity contribution is 0.203. The van der Waals surface area contributed by atoms with Crippen LogP contribution >= 0.6 is 0 Å². The maximum atomic E-state index is 9.47. The highest BCUT2D eigenvalue weighted by Gasteiger charge is 2.46. The molecule has 18 heavy (non-hydrogen) atoms. The first-order valence-corrected chi connectivity index (χ1v) is 6.56. The van der Waals surface area contributed by atoms with Crippen LogP contribution in [0.2, 0.25) is 0 Å². The molecule has 1 aromatic rings. The van der Waals surface area contributed by atoms with Gasteiger partial charge in [-0.05, 0) is 43.9 Å². The molecule has 0 saturated heterocycles. The van der Waals surface area contributed by atoms with Crippen LogP contribution in [0.3, 0.4) is 0 Å². The third-order valence-corrected chi connectivity index (χ3v) is 3.51. The number of benzene rings is 1. The summed E-state index contributed by atoms with van der Waals surface area (Å²) >= 11 is 0. The second kappa shape index (κ2) is 5.41. The van der Waals surface area contributed by atoms with Crippen LogP contribution in [-0.4, -0.2) is 18.7 Å². The fourth-order valence-electron chi connectivity index (χ4n) is 2.28. The highest BCUT2D eigenvalue weighted by Crippen LogP contribution is 2.39. The molecule has 1 aromatic carbocycles. The molecule has 0 heterocycles. The summed E-state index contributed by atoms with van der Waals surface area (Å²) in [4.78, 5) is 0. The van der Waals surface area contributed by atoms with E-state index in [0.717, 1.165) is 30.7 Å². The van der Waals surface area contributed by atoms with E-state index in [4.69, 9.17) is 4.74 Å². The van der Waals surface area contributed by atoms with Gasteiger partial charge in [0.25, 0.3) is 0 Å². The van der Waals surface area contributed by atoms with Crippen LogP contribution in [0.25, 0.3) is 0 Å². The lowest BCUT2D eigenvalue weighted by Gasteiger charge is -2.27. The summed E-state index contributed by atoms with van der Waals surface area (Å²) < 4.78 is 5.86. The Morgan fingerprint density at radius 3 is 2.72 bits per heavy atom. The Morgan fingerprint density at radius 2 is 2.17 bits per heavy atom. The molecule has 1 saturated carbocycles. The van der Waals surface area contributed by atoms with Gasteiger partial charge in [-0.25, -0.2) is 0 Å². The summed E-state index contributed by atoms with van der Waals surface area (Å²) in [6.07, 6.45) is 2.25. The van der Waals surface area contributed by atoms with Crippen molar-refractivity contribution in [1.29, 1.82) is 5.26 Å². The van der Waals surface area contributed by atoms with Crippen molar-refractivity contribution < 1.29 is 4.74 Å². The largest absolute Gasteiger partial charge is 0.490 e. The van der Waals surface area contributed by atoms with E-state index in [1.165, 1.54) is 0 Å². The molecular formula is C15H20N2O. The minimum atomic E-state index is -0.517. The smallest absolute Gasteiger partial charge is 0.143 e. The predicted octanol–water partition coefficient (Wildman–Crippen LogP) is 2.66. The highest BCUT2D eigenvalue weighted by molar-refractivity contribution is 5.32. The molecule has 1 unspecified atom stereocenters. The lowest BCUT2D eigenvalue weighted by atomic mass is 9.96. The van der Waals surface area contributed by atoms with Gasteiger partial charge in [-0.15, -0.1) is 0 Å². The summed E-state index contributed by atoms with van der Waals surface area (Å²) in [6, 6.07) is 10.4. The van der Waals surface area contributed by atoms with E-state index in [1.807, 2.05) is 38.1 Å². The Balaban J connectivity index is 2.06. The molecule has 1 aliphatic carbocycles. The number of nitriles is 1. The average molecular weight is 244 g/mol. The van der Waals surface area contributed by atoms with Crippen molar-refractivity contribution in [2.75, 3.05) is 13.2 Å². The summed E-state index contributed by atoms with van der Waals surface area (Å²) in [5, 5.41) is 12.8. The maximum absolute atomic E-state index is 9.47. The van der Waals surface area contributed by atoms with Crippen molar-refractivity contribution in [3.63, 3.8) is 0 Å². The molecule has 2 rings (SSSR count). The van der Waals surface area contributed by atoms with E-state index in [9.17, 15) is 5.26 Å². The van der Waals surface area contributed by atoms with Crippen LogP contribution in [-0.2, 0) is 0 Å². The molecule has 0 radical (unpaired) electrons. The summed E-state index contributed by atoms with van der Waals surface area (Å²) in [6.45, 7) is 5.27. The van der Waals surface area contributed by atoms with Crippen molar-refractivity contribution >= 4 is 0 Å². The molecule has 0 aliphatic heterocycles. The van der Waals surface area contributed by atoms with Gasteiger partial charge in [-0.2, -0.15) is 5.26 Å². The highest BCUT2D eigenvalue weighted by atomic mass is 16.5. The zero-order valence-electron chi connectivity index (χ0n) is 11.1. The molecule has 0 bridgehead atoms. The first kappa shape index (κ1) is 12.9. The molecule has 1 fully saturated rings. The van der Waals surface area contributed by atoms with Gasteiger partial charge in [0.2, 0.25) is 0 Å². The molecule has 0 spiro atoms. The molecule has 96 valence electrons. The van der Waals surface area contributed by atoms with Gasteiger partial charge in [0.05, 0.1) is 6.07 Å². The second-order valence-electron chi connectivity index (χ2n) is 4.94. The average Bonchev–Trinajstić information content (AvgIpc) is 3.21. The normalized spacial score (nSPS) is 17.8. The fourth-order valence-corrected chi connectivity index (χ4v) is 2.28.